The Morgan fingerprint density at radius 3 is 2.52 bits per heavy atom. The van der Waals surface area contributed by atoms with Crippen molar-refractivity contribution >= 4 is 23.2 Å². The quantitative estimate of drug-likeness (QED) is 0.749. The molecule has 1 fully saturated rings. The number of hydrogen-bond acceptors (Lipinski definition) is 5. The van der Waals surface area contributed by atoms with Gasteiger partial charge in [-0.05, 0) is 35.9 Å². The Balaban J connectivity index is 1.78. The van der Waals surface area contributed by atoms with Gasteiger partial charge in [-0.3, -0.25) is 9.69 Å². The summed E-state index contributed by atoms with van der Waals surface area (Å²) in [6, 6.07) is 13.6. The van der Waals surface area contributed by atoms with Gasteiger partial charge < -0.3 is 19.7 Å². The fourth-order valence-electron chi connectivity index (χ4n) is 3.48. The van der Waals surface area contributed by atoms with Gasteiger partial charge in [0, 0.05) is 44.4 Å². The van der Waals surface area contributed by atoms with Crippen molar-refractivity contribution < 1.29 is 14.3 Å². The summed E-state index contributed by atoms with van der Waals surface area (Å²) in [6.45, 7) is 3.54. The van der Waals surface area contributed by atoms with E-state index in [0.29, 0.717) is 36.1 Å². The molecule has 0 spiro atoms. The van der Waals surface area contributed by atoms with Gasteiger partial charge in [0.25, 0.3) is 5.91 Å². The Labute approximate surface area is 177 Å². The van der Waals surface area contributed by atoms with Crippen molar-refractivity contribution in [2.24, 2.45) is 0 Å². The number of carbonyl (C=O) groups is 1. The fraction of sp³-hybridized carbons (Fsp3) is 0.409. The number of ether oxygens (including phenoxy) is 2. The molecule has 1 aliphatic heterocycles. The largest absolute Gasteiger partial charge is 0.496 e. The monoisotopic (exact) mass is 417 g/mol. The maximum Gasteiger partial charge on any atom is 0.255 e. The maximum absolute atomic E-state index is 12.8. The van der Waals surface area contributed by atoms with Crippen LogP contribution in [0.2, 0.25) is 5.02 Å². The van der Waals surface area contributed by atoms with Crippen LogP contribution in [0.3, 0.4) is 0 Å². The van der Waals surface area contributed by atoms with Crippen LogP contribution in [-0.2, 0) is 4.74 Å². The molecule has 1 atom stereocenters. The molecule has 3 rings (SSSR count). The smallest absolute Gasteiger partial charge is 0.255 e. The predicted molar refractivity (Wildman–Crippen MR) is 116 cm³/mol. The number of morpholine rings is 1. The maximum atomic E-state index is 12.8. The second-order valence-corrected chi connectivity index (χ2v) is 7.64. The third kappa shape index (κ3) is 5.41. The van der Waals surface area contributed by atoms with Gasteiger partial charge in [-0.2, -0.15) is 0 Å². The predicted octanol–water partition coefficient (Wildman–Crippen LogP) is 3.22. The lowest BCUT2D eigenvalue weighted by Crippen LogP contribution is -2.43. The van der Waals surface area contributed by atoms with Gasteiger partial charge in [-0.15, -0.1) is 0 Å². The lowest BCUT2D eigenvalue weighted by molar-refractivity contribution is 0.0162. The van der Waals surface area contributed by atoms with Crippen LogP contribution in [0, 0.1) is 0 Å². The minimum atomic E-state index is -0.201. The normalized spacial score (nSPS) is 15.6. The number of carbonyl (C=O) groups excluding carboxylic acids is 1. The van der Waals surface area contributed by atoms with E-state index in [9.17, 15) is 4.79 Å². The number of methoxy groups -OCH3 is 1. The van der Waals surface area contributed by atoms with Crippen LogP contribution in [0.25, 0.3) is 0 Å². The zero-order chi connectivity index (χ0) is 20.8. The first kappa shape index (κ1) is 21.4. The molecule has 1 saturated heterocycles. The van der Waals surface area contributed by atoms with Crippen molar-refractivity contribution in [1.82, 2.24) is 10.2 Å². The van der Waals surface area contributed by atoms with Crippen molar-refractivity contribution in [1.29, 1.82) is 0 Å². The minimum Gasteiger partial charge on any atom is -0.496 e. The third-order valence-electron chi connectivity index (χ3n) is 5.14. The third-order valence-corrected chi connectivity index (χ3v) is 5.38. The van der Waals surface area contributed by atoms with Crippen LogP contribution in [-0.4, -0.2) is 64.9 Å². The highest BCUT2D eigenvalue weighted by Crippen LogP contribution is 2.25. The first-order valence-corrected chi connectivity index (χ1v) is 10.1. The van der Waals surface area contributed by atoms with Gasteiger partial charge in [0.05, 0.1) is 31.9 Å². The summed E-state index contributed by atoms with van der Waals surface area (Å²) in [4.78, 5) is 17.3. The molecule has 2 aromatic carbocycles. The summed E-state index contributed by atoms with van der Waals surface area (Å²) in [5, 5.41) is 3.56. The minimum absolute atomic E-state index is 0.0595. The van der Waals surface area contributed by atoms with Crippen molar-refractivity contribution in [2.75, 3.05) is 59.0 Å². The molecule has 0 aromatic heterocycles. The molecule has 0 bridgehead atoms. The van der Waals surface area contributed by atoms with Crippen LogP contribution >= 0.6 is 11.6 Å². The Hall–Kier alpha value is -2.28. The molecule has 2 aromatic rings. The van der Waals surface area contributed by atoms with E-state index in [1.54, 1.807) is 25.3 Å². The van der Waals surface area contributed by atoms with Gasteiger partial charge in [-0.25, -0.2) is 0 Å². The standard InChI is InChI=1S/C22H28ClN3O3/c1-25(2)18-7-4-16(5-8-18)20(26-10-12-29-13-11-26)15-24-22(27)19-14-17(23)6-9-21(19)28-3/h4-9,14,20H,10-13,15H2,1-3H3,(H,24,27). The van der Waals surface area contributed by atoms with Crippen LogP contribution in [0.5, 0.6) is 5.75 Å². The molecule has 1 N–H and O–H groups in total. The molecule has 156 valence electrons. The van der Waals surface area contributed by atoms with Crippen molar-refractivity contribution in [3.05, 3.63) is 58.6 Å². The molecule has 0 saturated carbocycles. The molecule has 1 unspecified atom stereocenters. The Bertz CT molecular complexity index is 821. The number of amides is 1. The number of nitrogens with zero attached hydrogens (tertiary/aromatic N) is 2. The van der Waals surface area contributed by atoms with E-state index in [-0.39, 0.29) is 11.9 Å². The van der Waals surface area contributed by atoms with E-state index in [2.05, 4.69) is 39.4 Å². The molecule has 0 radical (unpaired) electrons. The highest BCUT2D eigenvalue weighted by Gasteiger charge is 2.24. The van der Waals surface area contributed by atoms with E-state index in [0.717, 1.165) is 24.3 Å². The summed E-state index contributed by atoms with van der Waals surface area (Å²) in [5.74, 6) is 0.303. The topological polar surface area (TPSA) is 54.0 Å². The lowest BCUT2D eigenvalue weighted by atomic mass is 10.0. The van der Waals surface area contributed by atoms with E-state index >= 15 is 0 Å². The molecule has 29 heavy (non-hydrogen) atoms. The molecule has 1 heterocycles. The summed E-state index contributed by atoms with van der Waals surface area (Å²) in [5.41, 5.74) is 2.74. The number of halogens is 1. The Morgan fingerprint density at radius 1 is 1.21 bits per heavy atom. The molecule has 6 nitrogen and oxygen atoms in total. The molecular weight excluding hydrogens is 390 g/mol. The van der Waals surface area contributed by atoms with Crippen molar-refractivity contribution in [2.45, 2.75) is 6.04 Å². The number of nitrogens with one attached hydrogen (secondary N) is 1. The highest BCUT2D eigenvalue weighted by atomic mass is 35.5. The zero-order valence-corrected chi connectivity index (χ0v) is 17.9. The SMILES string of the molecule is COc1ccc(Cl)cc1C(=O)NCC(c1ccc(N(C)C)cc1)N1CCOCC1. The van der Waals surface area contributed by atoms with Gasteiger partial charge in [0.2, 0.25) is 0 Å². The van der Waals surface area contributed by atoms with Crippen LogP contribution in [0.4, 0.5) is 5.69 Å². The van der Waals surface area contributed by atoms with Crippen LogP contribution in [0.1, 0.15) is 22.0 Å². The Kier molecular flexibility index (Phi) is 7.36. The van der Waals surface area contributed by atoms with Gasteiger partial charge in [-0.1, -0.05) is 23.7 Å². The van der Waals surface area contributed by atoms with Gasteiger partial charge in [0.15, 0.2) is 0 Å². The van der Waals surface area contributed by atoms with Crippen LogP contribution < -0.4 is 15.0 Å². The first-order valence-electron chi connectivity index (χ1n) is 9.70. The van der Waals surface area contributed by atoms with Crippen molar-refractivity contribution in [3.63, 3.8) is 0 Å². The average molecular weight is 418 g/mol. The fourth-order valence-corrected chi connectivity index (χ4v) is 3.66. The number of rotatable bonds is 7. The number of benzene rings is 2. The summed E-state index contributed by atoms with van der Waals surface area (Å²) in [7, 11) is 5.59. The molecule has 7 heteroatoms. The molecule has 0 aliphatic carbocycles. The van der Waals surface area contributed by atoms with Crippen LogP contribution in [0.15, 0.2) is 42.5 Å². The molecular formula is C22H28ClN3O3. The lowest BCUT2D eigenvalue weighted by Gasteiger charge is -2.35. The van der Waals surface area contributed by atoms with Crippen molar-refractivity contribution in [3.8, 4) is 5.75 Å². The summed E-state index contributed by atoms with van der Waals surface area (Å²) in [6.07, 6.45) is 0. The highest BCUT2D eigenvalue weighted by molar-refractivity contribution is 6.31. The van der Waals surface area contributed by atoms with E-state index < -0.39 is 0 Å². The van der Waals surface area contributed by atoms with E-state index in [4.69, 9.17) is 21.1 Å². The Morgan fingerprint density at radius 2 is 1.90 bits per heavy atom. The van der Waals surface area contributed by atoms with E-state index in [1.165, 1.54) is 0 Å². The second-order valence-electron chi connectivity index (χ2n) is 7.20. The average Bonchev–Trinajstić information content (AvgIpc) is 2.74. The van der Waals surface area contributed by atoms with E-state index in [1.807, 2.05) is 14.1 Å². The molecule has 1 aliphatic rings. The molecule has 1 amide bonds. The van der Waals surface area contributed by atoms with Gasteiger partial charge >= 0.3 is 0 Å². The number of hydrogen-bond donors (Lipinski definition) is 1. The summed E-state index contributed by atoms with van der Waals surface area (Å²) >= 11 is 6.08. The summed E-state index contributed by atoms with van der Waals surface area (Å²) < 4.78 is 10.8. The zero-order valence-electron chi connectivity index (χ0n) is 17.2. The number of anilines is 1. The second kappa shape index (κ2) is 9.96. The van der Waals surface area contributed by atoms with Gasteiger partial charge in [0.1, 0.15) is 5.75 Å². The first-order chi connectivity index (χ1) is 14.0.